The van der Waals surface area contributed by atoms with E-state index in [1.54, 1.807) is 0 Å². The summed E-state index contributed by atoms with van der Waals surface area (Å²) in [4.78, 5) is 4.48. The molecule has 0 spiro atoms. The van der Waals surface area contributed by atoms with Crippen molar-refractivity contribution in [2.24, 2.45) is 5.73 Å². The van der Waals surface area contributed by atoms with Gasteiger partial charge in [-0.2, -0.15) is 4.98 Å². The van der Waals surface area contributed by atoms with Gasteiger partial charge in [0.15, 0.2) is 5.82 Å². The van der Waals surface area contributed by atoms with Crippen molar-refractivity contribution in [2.75, 3.05) is 0 Å². The molecule has 0 atom stereocenters. The Balaban J connectivity index is 1.76. The molecule has 106 valence electrons. The maximum Gasteiger partial charge on any atom is 0.246 e. The lowest BCUT2D eigenvalue weighted by Crippen LogP contribution is -2.39. The zero-order chi connectivity index (χ0) is 14.0. The predicted molar refractivity (Wildman–Crippen MR) is 77.5 cm³/mol. The van der Waals surface area contributed by atoms with Crippen molar-refractivity contribution in [3.63, 3.8) is 0 Å². The summed E-state index contributed by atoms with van der Waals surface area (Å²) >= 11 is 5.98. The summed E-state index contributed by atoms with van der Waals surface area (Å²) in [5.41, 5.74) is 7.03. The predicted octanol–water partition coefficient (Wildman–Crippen LogP) is 3.43. The minimum atomic E-state index is -0.433. The van der Waals surface area contributed by atoms with Crippen LogP contribution in [0.4, 0.5) is 0 Å². The second-order valence-electron chi connectivity index (χ2n) is 5.54. The van der Waals surface area contributed by atoms with E-state index in [9.17, 15) is 0 Å². The highest BCUT2D eigenvalue weighted by molar-refractivity contribution is 6.30. The van der Waals surface area contributed by atoms with Crippen LogP contribution < -0.4 is 5.73 Å². The SMILES string of the molecule is NC1(c2nc(Cc3cccc(Cl)c3)no2)CCCCC1. The number of nitrogens with zero attached hydrogens (tertiary/aromatic N) is 2. The fourth-order valence-corrected chi connectivity index (χ4v) is 2.97. The summed E-state index contributed by atoms with van der Waals surface area (Å²) < 4.78 is 5.39. The van der Waals surface area contributed by atoms with Crippen molar-refractivity contribution >= 4 is 11.6 Å². The molecule has 1 aromatic heterocycles. The molecule has 0 saturated heterocycles. The third-order valence-corrected chi connectivity index (χ3v) is 4.13. The Morgan fingerprint density at radius 1 is 1.25 bits per heavy atom. The maximum atomic E-state index is 6.39. The van der Waals surface area contributed by atoms with Gasteiger partial charge in [0, 0.05) is 11.4 Å². The van der Waals surface area contributed by atoms with Gasteiger partial charge in [0.05, 0.1) is 5.54 Å². The second kappa shape index (κ2) is 5.54. The van der Waals surface area contributed by atoms with Crippen molar-refractivity contribution in [3.8, 4) is 0 Å². The molecule has 0 bridgehead atoms. The lowest BCUT2D eigenvalue weighted by Gasteiger charge is -2.29. The van der Waals surface area contributed by atoms with Crippen molar-refractivity contribution in [3.05, 3.63) is 46.6 Å². The first-order chi connectivity index (χ1) is 9.66. The Labute approximate surface area is 123 Å². The first-order valence-corrected chi connectivity index (χ1v) is 7.40. The van der Waals surface area contributed by atoms with Crippen LogP contribution in [-0.4, -0.2) is 10.1 Å². The number of rotatable bonds is 3. The highest BCUT2D eigenvalue weighted by Crippen LogP contribution is 2.33. The molecule has 20 heavy (non-hydrogen) atoms. The van der Waals surface area contributed by atoms with Crippen molar-refractivity contribution in [1.29, 1.82) is 0 Å². The molecular weight excluding hydrogens is 274 g/mol. The van der Waals surface area contributed by atoms with Crippen molar-refractivity contribution in [2.45, 2.75) is 44.1 Å². The van der Waals surface area contributed by atoms with Gasteiger partial charge >= 0.3 is 0 Å². The molecule has 0 unspecified atom stereocenters. The smallest absolute Gasteiger partial charge is 0.246 e. The maximum absolute atomic E-state index is 6.39. The van der Waals surface area contributed by atoms with Gasteiger partial charge in [-0.05, 0) is 30.5 Å². The lowest BCUT2D eigenvalue weighted by molar-refractivity contribution is 0.219. The third kappa shape index (κ3) is 2.86. The first kappa shape index (κ1) is 13.6. The molecule has 2 N–H and O–H groups in total. The standard InChI is InChI=1S/C15H18ClN3O/c16-12-6-4-5-11(9-12)10-13-18-14(20-19-13)15(17)7-2-1-3-8-15/h4-6,9H,1-3,7-8,10,17H2. The van der Waals surface area contributed by atoms with Crippen LogP contribution in [0.15, 0.2) is 28.8 Å². The van der Waals surface area contributed by atoms with Crippen LogP contribution in [0.25, 0.3) is 0 Å². The zero-order valence-corrected chi connectivity index (χ0v) is 12.1. The average Bonchev–Trinajstić information content (AvgIpc) is 2.89. The van der Waals surface area contributed by atoms with Crippen LogP contribution >= 0.6 is 11.6 Å². The fourth-order valence-electron chi connectivity index (χ4n) is 2.75. The van der Waals surface area contributed by atoms with E-state index in [2.05, 4.69) is 10.1 Å². The van der Waals surface area contributed by atoms with Crippen LogP contribution in [0.3, 0.4) is 0 Å². The molecule has 1 aliphatic rings. The highest BCUT2D eigenvalue weighted by Gasteiger charge is 2.35. The fraction of sp³-hybridized carbons (Fsp3) is 0.467. The van der Waals surface area contributed by atoms with Gasteiger partial charge in [0.1, 0.15) is 0 Å². The first-order valence-electron chi connectivity index (χ1n) is 7.02. The molecular formula is C15H18ClN3O. The number of hydrogen-bond donors (Lipinski definition) is 1. The highest BCUT2D eigenvalue weighted by atomic mass is 35.5. The van der Waals surface area contributed by atoms with Gasteiger partial charge in [-0.15, -0.1) is 0 Å². The van der Waals surface area contributed by atoms with E-state index >= 15 is 0 Å². The zero-order valence-electron chi connectivity index (χ0n) is 11.3. The average molecular weight is 292 g/mol. The van der Waals surface area contributed by atoms with Crippen LogP contribution in [0, 0.1) is 0 Å². The van der Waals surface area contributed by atoms with Crippen LogP contribution in [0.5, 0.6) is 0 Å². The minimum Gasteiger partial charge on any atom is -0.337 e. The molecule has 1 fully saturated rings. The molecule has 0 radical (unpaired) electrons. The normalized spacial score (nSPS) is 18.1. The van der Waals surface area contributed by atoms with Gasteiger partial charge in [0.2, 0.25) is 5.89 Å². The van der Waals surface area contributed by atoms with E-state index in [0.717, 1.165) is 31.2 Å². The quantitative estimate of drug-likeness (QED) is 0.941. The monoisotopic (exact) mass is 291 g/mol. The number of hydrogen-bond acceptors (Lipinski definition) is 4. The Morgan fingerprint density at radius 3 is 2.80 bits per heavy atom. The number of nitrogens with two attached hydrogens (primary N) is 1. The lowest BCUT2D eigenvalue weighted by atomic mass is 9.82. The van der Waals surface area contributed by atoms with Gasteiger partial charge < -0.3 is 10.3 Å². The van der Waals surface area contributed by atoms with Crippen LogP contribution in [0.2, 0.25) is 5.02 Å². The molecule has 2 aromatic rings. The molecule has 5 heteroatoms. The Bertz CT molecular complexity index is 590. The molecule has 0 amide bonds. The van der Waals surface area contributed by atoms with Gasteiger partial charge in [-0.25, -0.2) is 0 Å². The summed E-state index contributed by atoms with van der Waals surface area (Å²) in [6.07, 6.45) is 5.95. The number of benzene rings is 1. The number of aromatic nitrogens is 2. The minimum absolute atomic E-state index is 0.433. The van der Waals surface area contributed by atoms with E-state index in [0.29, 0.717) is 23.2 Å². The molecule has 3 rings (SSSR count). The van der Waals surface area contributed by atoms with E-state index in [1.165, 1.54) is 6.42 Å². The summed E-state index contributed by atoms with van der Waals surface area (Å²) in [5.74, 6) is 1.24. The summed E-state index contributed by atoms with van der Waals surface area (Å²) in [6, 6.07) is 7.69. The van der Waals surface area contributed by atoms with E-state index in [-0.39, 0.29) is 0 Å². The summed E-state index contributed by atoms with van der Waals surface area (Å²) in [7, 11) is 0. The molecule has 1 aromatic carbocycles. The second-order valence-corrected chi connectivity index (χ2v) is 5.98. The van der Waals surface area contributed by atoms with Gasteiger partial charge in [0.25, 0.3) is 0 Å². The number of halogens is 1. The third-order valence-electron chi connectivity index (χ3n) is 3.89. The van der Waals surface area contributed by atoms with Crippen LogP contribution in [0.1, 0.15) is 49.4 Å². The molecule has 0 aliphatic heterocycles. The van der Waals surface area contributed by atoms with Gasteiger partial charge in [-0.1, -0.05) is 48.2 Å². The summed E-state index contributed by atoms with van der Waals surface area (Å²) in [6.45, 7) is 0. The van der Waals surface area contributed by atoms with Crippen LogP contribution in [-0.2, 0) is 12.0 Å². The largest absolute Gasteiger partial charge is 0.337 e. The summed E-state index contributed by atoms with van der Waals surface area (Å²) in [5, 5.41) is 4.77. The van der Waals surface area contributed by atoms with Gasteiger partial charge in [-0.3, -0.25) is 0 Å². The molecule has 1 heterocycles. The van der Waals surface area contributed by atoms with Crippen molar-refractivity contribution < 1.29 is 4.52 Å². The molecule has 1 aliphatic carbocycles. The topological polar surface area (TPSA) is 64.9 Å². The Kier molecular flexibility index (Phi) is 3.76. The van der Waals surface area contributed by atoms with E-state index < -0.39 is 5.54 Å². The van der Waals surface area contributed by atoms with Crippen molar-refractivity contribution in [1.82, 2.24) is 10.1 Å². The van der Waals surface area contributed by atoms with E-state index in [1.807, 2.05) is 24.3 Å². The Morgan fingerprint density at radius 2 is 2.05 bits per heavy atom. The van der Waals surface area contributed by atoms with E-state index in [4.69, 9.17) is 21.9 Å². The molecule has 4 nitrogen and oxygen atoms in total. The Hall–Kier alpha value is -1.39. The molecule has 1 saturated carbocycles.